The average molecular weight is 530 g/mol. The molecule has 2 saturated heterocycles. The summed E-state index contributed by atoms with van der Waals surface area (Å²) >= 11 is 0. The van der Waals surface area contributed by atoms with Crippen LogP contribution in [0.3, 0.4) is 0 Å². The van der Waals surface area contributed by atoms with Gasteiger partial charge in [0, 0.05) is 44.1 Å². The summed E-state index contributed by atoms with van der Waals surface area (Å²) in [5.41, 5.74) is 1.46. The van der Waals surface area contributed by atoms with Gasteiger partial charge in [0.1, 0.15) is 5.75 Å². The molecule has 3 heterocycles. The van der Waals surface area contributed by atoms with Crippen LogP contribution in [0.2, 0.25) is 0 Å². The van der Waals surface area contributed by atoms with Crippen molar-refractivity contribution in [2.45, 2.75) is 30.8 Å². The highest BCUT2D eigenvalue weighted by Crippen LogP contribution is 2.35. The Morgan fingerprint density at radius 1 is 1.17 bits per heavy atom. The Balaban J connectivity index is 0.000000454. The number of nitrogens with zero attached hydrogens (tertiary/aromatic N) is 3. The molecule has 2 fully saturated rings. The van der Waals surface area contributed by atoms with E-state index in [4.69, 9.17) is 14.6 Å². The Labute approximate surface area is 206 Å². The van der Waals surface area contributed by atoms with Crippen molar-refractivity contribution in [3.05, 3.63) is 59.9 Å². The number of aromatic nitrogens is 1. The summed E-state index contributed by atoms with van der Waals surface area (Å²) in [4.78, 5) is 27.7. The second-order valence-corrected chi connectivity index (χ2v) is 10.6. The number of aliphatic carboxylic acids is 1. The van der Waals surface area contributed by atoms with Gasteiger partial charge in [-0.05, 0) is 48.6 Å². The number of rotatable bonds is 4. The van der Waals surface area contributed by atoms with Crippen LogP contribution in [-0.4, -0.2) is 77.8 Å². The van der Waals surface area contributed by atoms with Gasteiger partial charge in [0.25, 0.3) is 5.91 Å². The van der Waals surface area contributed by atoms with E-state index in [1.807, 2.05) is 12.1 Å². The minimum Gasteiger partial charge on any atom is -0.497 e. The number of sulfonamides is 1. The number of benzene rings is 1. The third-order valence-electron chi connectivity index (χ3n) is 6.09. The molecule has 2 atom stereocenters. The fourth-order valence-electron chi connectivity index (χ4n) is 4.29. The number of carbonyl (C=O) groups excluding carboxylic acids is 1. The number of fused-ring (bicyclic) bond motifs is 1. The van der Waals surface area contributed by atoms with Gasteiger partial charge in [-0.15, -0.1) is 0 Å². The van der Waals surface area contributed by atoms with Crippen LogP contribution >= 0.6 is 0 Å². The van der Waals surface area contributed by atoms with Crippen molar-refractivity contribution in [1.82, 2.24) is 14.2 Å². The Morgan fingerprint density at radius 2 is 1.86 bits per heavy atom. The molecule has 0 aliphatic carbocycles. The van der Waals surface area contributed by atoms with Gasteiger partial charge >= 0.3 is 12.1 Å². The van der Waals surface area contributed by atoms with Crippen LogP contribution in [0.4, 0.5) is 13.2 Å². The van der Waals surface area contributed by atoms with Crippen LogP contribution in [0.15, 0.2) is 48.8 Å². The Morgan fingerprint density at radius 3 is 2.47 bits per heavy atom. The Bertz CT molecular complexity index is 1180. The zero-order valence-corrected chi connectivity index (χ0v) is 20.2. The molecule has 0 saturated carbocycles. The van der Waals surface area contributed by atoms with Gasteiger partial charge < -0.3 is 14.7 Å². The summed E-state index contributed by atoms with van der Waals surface area (Å²) in [7, 11) is -1.82. The van der Waals surface area contributed by atoms with Gasteiger partial charge in [-0.2, -0.15) is 17.5 Å². The van der Waals surface area contributed by atoms with E-state index in [1.165, 1.54) is 0 Å². The predicted octanol–water partition coefficient (Wildman–Crippen LogP) is 2.79. The molecule has 36 heavy (non-hydrogen) atoms. The molecule has 196 valence electrons. The first-order valence-electron chi connectivity index (χ1n) is 11.0. The molecule has 0 unspecified atom stereocenters. The monoisotopic (exact) mass is 529 g/mol. The maximum atomic E-state index is 13.1. The third kappa shape index (κ3) is 6.52. The maximum absolute atomic E-state index is 13.1. The zero-order valence-electron chi connectivity index (χ0n) is 19.4. The first-order chi connectivity index (χ1) is 16.9. The van der Waals surface area contributed by atoms with Gasteiger partial charge in [0.05, 0.1) is 12.4 Å². The zero-order chi connectivity index (χ0) is 26.5. The predicted molar refractivity (Wildman–Crippen MR) is 123 cm³/mol. The number of ether oxygens (including phenoxy) is 1. The topological polar surface area (TPSA) is 117 Å². The summed E-state index contributed by atoms with van der Waals surface area (Å²) in [5.74, 6) is -2.16. The number of carboxylic acids is 1. The molecule has 2 aliphatic rings. The number of carboxylic acid groups (broad SMARTS) is 1. The van der Waals surface area contributed by atoms with E-state index in [1.54, 1.807) is 53.0 Å². The second-order valence-electron chi connectivity index (χ2n) is 8.40. The van der Waals surface area contributed by atoms with Crippen molar-refractivity contribution < 1.29 is 41.0 Å². The van der Waals surface area contributed by atoms with Crippen LogP contribution < -0.4 is 4.74 Å². The lowest BCUT2D eigenvalue weighted by Gasteiger charge is -2.22. The molecular formula is C23H26F3N3O6S. The third-order valence-corrected chi connectivity index (χ3v) is 8.47. The van der Waals surface area contributed by atoms with Gasteiger partial charge in [-0.1, -0.05) is 12.1 Å². The van der Waals surface area contributed by atoms with Crippen molar-refractivity contribution in [3.63, 3.8) is 0 Å². The van der Waals surface area contributed by atoms with Gasteiger partial charge in [0.15, 0.2) is 0 Å². The van der Waals surface area contributed by atoms with Gasteiger partial charge in [0.2, 0.25) is 10.0 Å². The van der Waals surface area contributed by atoms with Crippen molar-refractivity contribution in [2.24, 2.45) is 5.92 Å². The van der Waals surface area contributed by atoms with Gasteiger partial charge in [-0.25, -0.2) is 13.2 Å². The lowest BCUT2D eigenvalue weighted by Crippen LogP contribution is -2.34. The lowest BCUT2D eigenvalue weighted by atomic mass is 10.0. The number of halogens is 3. The number of methoxy groups -OCH3 is 1. The number of pyridine rings is 1. The standard InChI is InChI=1S/C21H25N3O4S.C2HF3O2/c1-28-19-6-2-5-17(12-19)21(25)23-10-7-18-15-24(14-16-4-3-9-22-13-16)29(26,27)20(18)8-11-23;3-2(4,5)1(6)7/h2-6,9,12-13,18,20H,7-8,10-11,14-15H2,1H3;(H,6,7)/t18-,20-;/m1./s1. The van der Waals surface area contributed by atoms with E-state index in [9.17, 15) is 26.4 Å². The molecule has 1 aromatic heterocycles. The molecule has 1 aromatic carbocycles. The summed E-state index contributed by atoms with van der Waals surface area (Å²) in [6.07, 6.45) is -0.548. The van der Waals surface area contributed by atoms with Crippen molar-refractivity contribution in [1.29, 1.82) is 0 Å². The number of hydrogen-bond acceptors (Lipinski definition) is 6. The van der Waals surface area contributed by atoms with Crippen molar-refractivity contribution >= 4 is 21.9 Å². The molecule has 0 bridgehead atoms. The van der Waals surface area contributed by atoms with Crippen molar-refractivity contribution in [3.8, 4) is 5.75 Å². The lowest BCUT2D eigenvalue weighted by molar-refractivity contribution is -0.192. The number of alkyl halides is 3. The number of amides is 1. The van der Waals surface area contributed by atoms with E-state index in [0.29, 0.717) is 50.3 Å². The van der Waals surface area contributed by atoms with E-state index in [0.717, 1.165) is 5.56 Å². The fraction of sp³-hybridized carbons (Fsp3) is 0.435. The summed E-state index contributed by atoms with van der Waals surface area (Å²) < 4.78 is 64.7. The molecule has 2 aliphatic heterocycles. The van der Waals surface area contributed by atoms with E-state index in [-0.39, 0.29) is 11.8 Å². The summed E-state index contributed by atoms with van der Waals surface area (Å²) in [5, 5.41) is 6.70. The molecule has 1 N–H and O–H groups in total. The normalized spacial score (nSPS) is 21.5. The Kier molecular flexibility index (Phi) is 8.56. The van der Waals surface area contributed by atoms with E-state index >= 15 is 0 Å². The minimum absolute atomic E-state index is 0.0415. The molecule has 9 nitrogen and oxygen atoms in total. The number of hydrogen-bond donors (Lipinski definition) is 1. The van der Waals surface area contributed by atoms with Crippen molar-refractivity contribution in [2.75, 3.05) is 26.7 Å². The molecular weight excluding hydrogens is 503 g/mol. The van der Waals surface area contributed by atoms with Crippen LogP contribution in [0.1, 0.15) is 28.8 Å². The molecule has 4 rings (SSSR count). The number of likely N-dealkylation sites (tertiary alicyclic amines) is 1. The highest BCUT2D eigenvalue weighted by molar-refractivity contribution is 7.90. The highest BCUT2D eigenvalue weighted by Gasteiger charge is 2.47. The van der Waals surface area contributed by atoms with Crippen LogP contribution in [0.5, 0.6) is 5.75 Å². The van der Waals surface area contributed by atoms with E-state index in [2.05, 4.69) is 4.98 Å². The number of carbonyl (C=O) groups is 2. The molecule has 2 aromatic rings. The molecule has 0 radical (unpaired) electrons. The summed E-state index contributed by atoms with van der Waals surface area (Å²) in [6.45, 7) is 1.86. The van der Waals surface area contributed by atoms with Crippen LogP contribution in [-0.2, 0) is 21.4 Å². The molecule has 1 amide bonds. The average Bonchev–Trinajstić information content (AvgIpc) is 2.97. The first kappa shape index (κ1) is 27.4. The molecule has 0 spiro atoms. The largest absolute Gasteiger partial charge is 0.497 e. The fourth-order valence-corrected chi connectivity index (χ4v) is 6.51. The molecule has 13 heteroatoms. The second kappa shape index (κ2) is 11.2. The van der Waals surface area contributed by atoms with Crippen LogP contribution in [0.25, 0.3) is 0 Å². The Hall–Kier alpha value is -3.19. The van der Waals surface area contributed by atoms with E-state index < -0.39 is 27.4 Å². The quantitative estimate of drug-likeness (QED) is 0.647. The summed E-state index contributed by atoms with van der Waals surface area (Å²) in [6, 6.07) is 10.8. The smallest absolute Gasteiger partial charge is 0.490 e. The van der Waals surface area contributed by atoms with Crippen LogP contribution in [0, 0.1) is 5.92 Å². The first-order valence-corrected chi connectivity index (χ1v) is 12.5. The van der Waals surface area contributed by atoms with Gasteiger partial charge in [-0.3, -0.25) is 9.78 Å². The highest BCUT2D eigenvalue weighted by atomic mass is 32.2. The minimum atomic E-state index is -5.08. The SMILES string of the molecule is COc1cccc(C(=O)N2CC[C@@H]3CN(Cc4cccnc4)S(=O)(=O)[C@@H]3CC2)c1.O=C(O)C(F)(F)F. The maximum Gasteiger partial charge on any atom is 0.490 e.